The standard InChI is InChI=1S/C22H20F2N4O/c1-15(29)16-3-2-4-17(11-16)20-13-25-14-22(26-20)28-9-7-27(8-10-28)21-6-5-18(23)12-19(21)24/h2-6,11-14H,7-10H2,1H3. The van der Waals surface area contributed by atoms with Crippen LogP contribution in [0.1, 0.15) is 17.3 Å². The van der Waals surface area contributed by atoms with E-state index in [2.05, 4.69) is 9.88 Å². The van der Waals surface area contributed by atoms with Crippen LogP contribution >= 0.6 is 0 Å². The number of benzene rings is 2. The summed E-state index contributed by atoms with van der Waals surface area (Å²) in [5.41, 5.74) is 2.56. The molecule has 1 aliphatic rings. The van der Waals surface area contributed by atoms with Crippen molar-refractivity contribution < 1.29 is 13.6 Å². The van der Waals surface area contributed by atoms with Crippen molar-refractivity contribution in [1.82, 2.24) is 9.97 Å². The summed E-state index contributed by atoms with van der Waals surface area (Å²) in [5.74, 6) is -0.397. The zero-order chi connectivity index (χ0) is 20.4. The highest BCUT2D eigenvalue weighted by Gasteiger charge is 2.21. The Hall–Kier alpha value is -3.35. The van der Waals surface area contributed by atoms with Crippen LogP contribution in [0, 0.1) is 11.6 Å². The summed E-state index contributed by atoms with van der Waals surface area (Å²) >= 11 is 0. The summed E-state index contributed by atoms with van der Waals surface area (Å²) in [4.78, 5) is 24.6. The lowest BCUT2D eigenvalue weighted by atomic mass is 10.1. The Morgan fingerprint density at radius 2 is 1.72 bits per heavy atom. The molecule has 2 aromatic carbocycles. The molecule has 2 heterocycles. The first kappa shape index (κ1) is 19.0. The smallest absolute Gasteiger partial charge is 0.159 e. The molecule has 0 atom stereocenters. The number of piperazine rings is 1. The highest BCUT2D eigenvalue weighted by atomic mass is 19.1. The number of hydrogen-bond donors (Lipinski definition) is 0. The van der Waals surface area contributed by atoms with Gasteiger partial charge >= 0.3 is 0 Å². The summed E-state index contributed by atoms with van der Waals surface area (Å²) in [6, 6.07) is 11.0. The van der Waals surface area contributed by atoms with Gasteiger partial charge in [-0.25, -0.2) is 13.8 Å². The molecular weight excluding hydrogens is 374 g/mol. The van der Waals surface area contributed by atoms with E-state index in [0.717, 1.165) is 17.4 Å². The summed E-state index contributed by atoms with van der Waals surface area (Å²) < 4.78 is 27.2. The van der Waals surface area contributed by atoms with Gasteiger partial charge in [0.1, 0.15) is 17.5 Å². The van der Waals surface area contributed by atoms with Crippen LogP contribution in [-0.2, 0) is 0 Å². The van der Waals surface area contributed by atoms with Crippen LogP contribution < -0.4 is 9.80 Å². The Bertz CT molecular complexity index is 1050. The topological polar surface area (TPSA) is 49.3 Å². The predicted molar refractivity (Wildman–Crippen MR) is 108 cm³/mol. The number of Topliss-reactive ketones (excluding diaryl/α,β-unsaturated/α-hetero) is 1. The maximum absolute atomic E-state index is 14.0. The molecule has 7 heteroatoms. The Balaban J connectivity index is 1.50. The number of ketones is 1. The van der Waals surface area contributed by atoms with Crippen molar-refractivity contribution in [3.05, 3.63) is 72.1 Å². The maximum atomic E-state index is 14.0. The van der Waals surface area contributed by atoms with E-state index in [4.69, 9.17) is 4.98 Å². The predicted octanol–water partition coefficient (Wildman–Crippen LogP) is 3.95. The molecule has 0 saturated carbocycles. The molecule has 0 aliphatic carbocycles. The van der Waals surface area contributed by atoms with Gasteiger partial charge in [-0.05, 0) is 25.1 Å². The minimum absolute atomic E-state index is 0.000103. The summed E-state index contributed by atoms with van der Waals surface area (Å²) in [6.07, 6.45) is 3.37. The third-order valence-corrected chi connectivity index (χ3v) is 5.04. The van der Waals surface area contributed by atoms with Gasteiger partial charge in [-0.2, -0.15) is 0 Å². The minimum atomic E-state index is -0.578. The Labute approximate surface area is 167 Å². The van der Waals surface area contributed by atoms with Crippen LogP contribution in [0.15, 0.2) is 54.9 Å². The van der Waals surface area contributed by atoms with Crippen molar-refractivity contribution in [3.8, 4) is 11.3 Å². The van der Waals surface area contributed by atoms with Crippen molar-refractivity contribution in [2.24, 2.45) is 0 Å². The van der Waals surface area contributed by atoms with E-state index < -0.39 is 11.6 Å². The summed E-state index contributed by atoms with van der Waals surface area (Å²) in [7, 11) is 0. The largest absolute Gasteiger partial charge is 0.366 e. The minimum Gasteiger partial charge on any atom is -0.366 e. The third-order valence-electron chi connectivity index (χ3n) is 5.04. The van der Waals surface area contributed by atoms with Crippen LogP contribution in [0.25, 0.3) is 11.3 Å². The van der Waals surface area contributed by atoms with E-state index in [0.29, 0.717) is 43.1 Å². The molecule has 0 N–H and O–H groups in total. The van der Waals surface area contributed by atoms with E-state index in [1.54, 1.807) is 18.5 Å². The van der Waals surface area contributed by atoms with Crippen LogP contribution in [0.4, 0.5) is 20.3 Å². The highest BCUT2D eigenvalue weighted by molar-refractivity contribution is 5.95. The molecule has 0 amide bonds. The second-order valence-corrected chi connectivity index (χ2v) is 6.97. The maximum Gasteiger partial charge on any atom is 0.159 e. The molecule has 29 heavy (non-hydrogen) atoms. The van der Waals surface area contributed by atoms with Gasteiger partial charge in [0.25, 0.3) is 0 Å². The molecule has 5 nitrogen and oxygen atoms in total. The van der Waals surface area contributed by atoms with Crippen molar-refractivity contribution in [2.45, 2.75) is 6.92 Å². The third kappa shape index (κ3) is 4.08. The number of nitrogens with zero attached hydrogens (tertiary/aromatic N) is 4. The first-order valence-corrected chi connectivity index (χ1v) is 9.39. The van der Waals surface area contributed by atoms with Crippen LogP contribution in [0.2, 0.25) is 0 Å². The number of hydrogen-bond acceptors (Lipinski definition) is 5. The molecule has 1 fully saturated rings. The average Bonchev–Trinajstić information content (AvgIpc) is 2.74. The lowest BCUT2D eigenvalue weighted by Crippen LogP contribution is -2.47. The van der Waals surface area contributed by atoms with Gasteiger partial charge in [-0.1, -0.05) is 18.2 Å². The van der Waals surface area contributed by atoms with Crippen LogP contribution in [0.3, 0.4) is 0 Å². The molecule has 0 radical (unpaired) electrons. The first-order valence-electron chi connectivity index (χ1n) is 9.39. The number of carbonyl (C=O) groups is 1. The van der Waals surface area contributed by atoms with Gasteiger partial charge in [0.05, 0.1) is 23.8 Å². The zero-order valence-electron chi connectivity index (χ0n) is 16.0. The van der Waals surface area contributed by atoms with E-state index >= 15 is 0 Å². The first-order chi connectivity index (χ1) is 14.0. The second kappa shape index (κ2) is 7.95. The second-order valence-electron chi connectivity index (χ2n) is 6.97. The van der Waals surface area contributed by atoms with E-state index in [1.165, 1.54) is 19.1 Å². The molecular formula is C22H20F2N4O. The van der Waals surface area contributed by atoms with Gasteiger partial charge < -0.3 is 9.80 Å². The number of halogens is 2. The Morgan fingerprint density at radius 3 is 2.45 bits per heavy atom. The lowest BCUT2D eigenvalue weighted by Gasteiger charge is -2.36. The van der Waals surface area contributed by atoms with Crippen LogP contribution in [-0.4, -0.2) is 41.9 Å². The fraction of sp³-hybridized carbons (Fsp3) is 0.227. The Kier molecular flexibility index (Phi) is 5.20. The van der Waals surface area contributed by atoms with Gasteiger partial charge in [0.15, 0.2) is 5.78 Å². The normalized spacial score (nSPS) is 14.2. The molecule has 148 valence electrons. The molecule has 0 spiro atoms. The summed E-state index contributed by atoms with van der Waals surface area (Å²) in [5, 5.41) is 0. The SMILES string of the molecule is CC(=O)c1cccc(-c2cncc(N3CCN(c4ccc(F)cc4F)CC3)n2)c1. The summed E-state index contributed by atoms with van der Waals surface area (Å²) in [6.45, 7) is 4.00. The molecule has 1 saturated heterocycles. The molecule has 3 aromatic rings. The molecule has 0 bridgehead atoms. The number of rotatable bonds is 4. The van der Waals surface area contributed by atoms with Crippen molar-refractivity contribution in [1.29, 1.82) is 0 Å². The van der Waals surface area contributed by atoms with Gasteiger partial charge in [-0.15, -0.1) is 0 Å². The van der Waals surface area contributed by atoms with E-state index in [1.807, 2.05) is 23.1 Å². The van der Waals surface area contributed by atoms with Gasteiger partial charge in [0, 0.05) is 43.4 Å². The fourth-order valence-corrected chi connectivity index (χ4v) is 3.46. The van der Waals surface area contributed by atoms with E-state index in [-0.39, 0.29) is 5.78 Å². The lowest BCUT2D eigenvalue weighted by molar-refractivity contribution is 0.101. The average molecular weight is 394 g/mol. The van der Waals surface area contributed by atoms with Crippen LogP contribution in [0.5, 0.6) is 0 Å². The molecule has 1 aromatic heterocycles. The zero-order valence-corrected chi connectivity index (χ0v) is 16.0. The quantitative estimate of drug-likeness (QED) is 0.627. The van der Waals surface area contributed by atoms with E-state index in [9.17, 15) is 13.6 Å². The van der Waals surface area contributed by atoms with Crippen molar-refractivity contribution >= 4 is 17.3 Å². The fourth-order valence-electron chi connectivity index (χ4n) is 3.46. The number of aromatic nitrogens is 2. The Morgan fingerprint density at radius 1 is 0.966 bits per heavy atom. The van der Waals surface area contributed by atoms with Crippen molar-refractivity contribution in [3.63, 3.8) is 0 Å². The number of carbonyl (C=O) groups excluding carboxylic acids is 1. The number of anilines is 2. The van der Waals surface area contributed by atoms with Crippen molar-refractivity contribution in [2.75, 3.05) is 36.0 Å². The molecule has 0 unspecified atom stereocenters. The van der Waals surface area contributed by atoms with Gasteiger partial charge in [0.2, 0.25) is 0 Å². The van der Waals surface area contributed by atoms with Gasteiger partial charge in [-0.3, -0.25) is 9.78 Å². The molecule has 4 rings (SSSR count). The monoisotopic (exact) mass is 394 g/mol. The molecule has 1 aliphatic heterocycles. The highest BCUT2D eigenvalue weighted by Crippen LogP contribution is 2.24.